The highest BCUT2D eigenvalue weighted by Crippen LogP contribution is 2.28. The van der Waals surface area contributed by atoms with Crippen LogP contribution in [0.25, 0.3) is 0 Å². The Morgan fingerprint density at radius 2 is 2.19 bits per heavy atom. The molecule has 2 fully saturated rings. The average Bonchev–Trinajstić information content (AvgIpc) is 2.89. The Morgan fingerprint density at radius 1 is 1.25 bits per heavy atom. The van der Waals surface area contributed by atoms with Gasteiger partial charge in [0.25, 0.3) is 0 Å². The maximum absolute atomic E-state index is 6.09. The molecule has 0 radical (unpaired) electrons. The number of halogens is 1. The minimum Gasteiger partial charge on any atom is -0.378 e. The van der Waals surface area contributed by atoms with Crippen LogP contribution in [0.15, 0.2) is 0 Å². The summed E-state index contributed by atoms with van der Waals surface area (Å²) in [5.74, 6) is 0.824. The van der Waals surface area contributed by atoms with Gasteiger partial charge in [-0.2, -0.15) is 0 Å². The molecule has 0 aromatic rings. The number of hydrogen-bond donors (Lipinski definition) is 1. The van der Waals surface area contributed by atoms with Gasteiger partial charge in [-0.1, -0.05) is 0 Å². The first-order chi connectivity index (χ1) is 7.84. The summed E-state index contributed by atoms with van der Waals surface area (Å²) < 4.78 is 5.60. The normalized spacial score (nSPS) is 34.7. The van der Waals surface area contributed by atoms with Gasteiger partial charge in [0.05, 0.1) is 6.10 Å². The fraction of sp³-hybridized carbons (Fsp3) is 1.00. The van der Waals surface area contributed by atoms with E-state index < -0.39 is 0 Å². The van der Waals surface area contributed by atoms with Gasteiger partial charge in [-0.25, -0.2) is 0 Å². The van der Waals surface area contributed by atoms with E-state index in [0.29, 0.717) is 11.5 Å². The monoisotopic (exact) mass is 245 g/mol. The Kier molecular flexibility index (Phi) is 5.40. The Morgan fingerprint density at radius 3 is 2.88 bits per heavy atom. The SMILES string of the molecule is ClC1CCC(CNCCCC2CCCO2)C1. The molecular weight excluding hydrogens is 222 g/mol. The molecule has 0 aromatic heterocycles. The molecule has 94 valence electrons. The van der Waals surface area contributed by atoms with E-state index >= 15 is 0 Å². The summed E-state index contributed by atoms with van der Waals surface area (Å²) >= 11 is 6.09. The summed E-state index contributed by atoms with van der Waals surface area (Å²) in [4.78, 5) is 0. The minimum absolute atomic E-state index is 0.443. The largest absolute Gasteiger partial charge is 0.378 e. The van der Waals surface area contributed by atoms with Gasteiger partial charge in [0.1, 0.15) is 0 Å². The molecule has 16 heavy (non-hydrogen) atoms. The predicted molar refractivity (Wildman–Crippen MR) is 68.1 cm³/mol. The van der Waals surface area contributed by atoms with Gasteiger partial charge < -0.3 is 10.1 Å². The van der Waals surface area contributed by atoms with Crippen molar-refractivity contribution in [1.82, 2.24) is 5.32 Å². The van der Waals surface area contributed by atoms with Crippen LogP contribution in [0.1, 0.15) is 44.9 Å². The number of hydrogen-bond acceptors (Lipinski definition) is 2. The zero-order valence-corrected chi connectivity index (χ0v) is 10.8. The van der Waals surface area contributed by atoms with Gasteiger partial charge in [0.2, 0.25) is 0 Å². The lowest BCUT2D eigenvalue weighted by atomic mass is 10.1. The average molecular weight is 246 g/mol. The minimum atomic E-state index is 0.443. The van der Waals surface area contributed by atoms with Crippen molar-refractivity contribution in [1.29, 1.82) is 0 Å². The highest BCUT2D eigenvalue weighted by atomic mass is 35.5. The summed E-state index contributed by atoms with van der Waals surface area (Å²) in [5, 5.41) is 4.00. The molecule has 2 nitrogen and oxygen atoms in total. The van der Waals surface area contributed by atoms with Gasteiger partial charge in [-0.3, -0.25) is 0 Å². The standard InChI is InChI=1S/C13H24ClNO/c14-12-6-5-11(9-12)10-15-7-1-3-13-4-2-8-16-13/h11-13,15H,1-10H2. The maximum atomic E-state index is 6.09. The fourth-order valence-corrected chi connectivity index (χ4v) is 3.21. The number of ether oxygens (including phenoxy) is 1. The van der Waals surface area contributed by atoms with Crippen molar-refractivity contribution >= 4 is 11.6 Å². The highest BCUT2D eigenvalue weighted by molar-refractivity contribution is 6.20. The van der Waals surface area contributed by atoms with Crippen molar-refractivity contribution in [2.45, 2.75) is 56.4 Å². The van der Waals surface area contributed by atoms with E-state index in [-0.39, 0.29) is 0 Å². The van der Waals surface area contributed by atoms with Gasteiger partial charge in [-0.15, -0.1) is 11.6 Å². The quantitative estimate of drug-likeness (QED) is 0.574. The molecule has 1 saturated heterocycles. The van der Waals surface area contributed by atoms with Crippen molar-refractivity contribution in [3.8, 4) is 0 Å². The molecule has 1 aliphatic carbocycles. The Hall–Kier alpha value is 0.210. The molecular formula is C13H24ClNO. The van der Waals surface area contributed by atoms with Crippen LogP contribution in [0.4, 0.5) is 0 Å². The molecule has 0 bridgehead atoms. The van der Waals surface area contributed by atoms with E-state index in [9.17, 15) is 0 Å². The lowest BCUT2D eigenvalue weighted by molar-refractivity contribution is 0.102. The van der Waals surface area contributed by atoms with Crippen molar-refractivity contribution in [2.75, 3.05) is 19.7 Å². The number of rotatable bonds is 6. The summed E-state index contributed by atoms with van der Waals surface area (Å²) in [5.41, 5.74) is 0. The van der Waals surface area contributed by atoms with Crippen LogP contribution >= 0.6 is 11.6 Å². The van der Waals surface area contributed by atoms with Crippen LogP contribution in [0.2, 0.25) is 0 Å². The lowest BCUT2D eigenvalue weighted by Crippen LogP contribution is -2.23. The second kappa shape index (κ2) is 6.83. The zero-order chi connectivity index (χ0) is 11.2. The molecule has 3 atom stereocenters. The molecule has 2 aliphatic rings. The molecule has 0 amide bonds. The molecule has 2 rings (SSSR count). The first-order valence-corrected chi connectivity index (χ1v) is 7.24. The number of nitrogens with one attached hydrogen (secondary N) is 1. The van der Waals surface area contributed by atoms with E-state index in [0.717, 1.165) is 25.6 Å². The smallest absolute Gasteiger partial charge is 0.0576 e. The maximum Gasteiger partial charge on any atom is 0.0576 e. The molecule has 0 aromatic carbocycles. The third-order valence-corrected chi connectivity index (χ3v) is 4.21. The van der Waals surface area contributed by atoms with Crippen LogP contribution < -0.4 is 5.32 Å². The molecule has 1 aliphatic heterocycles. The highest BCUT2D eigenvalue weighted by Gasteiger charge is 2.22. The van der Waals surface area contributed by atoms with Crippen molar-refractivity contribution in [2.24, 2.45) is 5.92 Å². The van der Waals surface area contributed by atoms with Gasteiger partial charge >= 0.3 is 0 Å². The summed E-state index contributed by atoms with van der Waals surface area (Å²) in [6, 6.07) is 0. The second-order valence-corrected chi connectivity index (χ2v) is 5.87. The van der Waals surface area contributed by atoms with Crippen molar-refractivity contribution in [3.05, 3.63) is 0 Å². The molecule has 1 heterocycles. The third-order valence-electron chi connectivity index (χ3n) is 3.81. The van der Waals surface area contributed by atoms with Gasteiger partial charge in [0, 0.05) is 12.0 Å². The Labute approximate surface area is 104 Å². The lowest BCUT2D eigenvalue weighted by Gasteiger charge is -2.12. The zero-order valence-electron chi connectivity index (χ0n) is 10.1. The fourth-order valence-electron chi connectivity index (χ4n) is 2.83. The molecule has 1 saturated carbocycles. The van der Waals surface area contributed by atoms with E-state index in [1.54, 1.807) is 0 Å². The van der Waals surface area contributed by atoms with Gasteiger partial charge in [0.15, 0.2) is 0 Å². The summed E-state index contributed by atoms with van der Waals surface area (Å²) in [6.45, 7) is 3.29. The van der Waals surface area contributed by atoms with Crippen LogP contribution in [0, 0.1) is 5.92 Å². The second-order valence-electron chi connectivity index (χ2n) is 5.26. The predicted octanol–water partition coefficient (Wildman–Crippen LogP) is 2.94. The van der Waals surface area contributed by atoms with E-state index in [4.69, 9.17) is 16.3 Å². The van der Waals surface area contributed by atoms with Crippen LogP contribution in [0.3, 0.4) is 0 Å². The summed E-state index contributed by atoms with van der Waals surface area (Å²) in [7, 11) is 0. The van der Waals surface area contributed by atoms with Crippen molar-refractivity contribution in [3.63, 3.8) is 0 Å². The van der Waals surface area contributed by atoms with Crippen LogP contribution in [-0.4, -0.2) is 31.2 Å². The van der Waals surface area contributed by atoms with Gasteiger partial charge in [-0.05, 0) is 64.0 Å². The van der Waals surface area contributed by atoms with Crippen LogP contribution in [-0.2, 0) is 4.74 Å². The van der Waals surface area contributed by atoms with Crippen molar-refractivity contribution < 1.29 is 4.74 Å². The Balaban J connectivity index is 1.43. The van der Waals surface area contributed by atoms with Crippen LogP contribution in [0.5, 0.6) is 0 Å². The molecule has 3 unspecified atom stereocenters. The molecule has 1 N–H and O–H groups in total. The summed E-state index contributed by atoms with van der Waals surface area (Å²) in [6.07, 6.45) is 9.31. The molecule has 3 heteroatoms. The van der Waals surface area contributed by atoms with E-state index in [1.165, 1.54) is 44.9 Å². The first kappa shape index (κ1) is 12.7. The van der Waals surface area contributed by atoms with E-state index in [1.807, 2.05) is 0 Å². The Bertz CT molecular complexity index is 194. The number of alkyl halides is 1. The first-order valence-electron chi connectivity index (χ1n) is 6.81. The van der Waals surface area contributed by atoms with E-state index in [2.05, 4.69) is 5.32 Å². The topological polar surface area (TPSA) is 21.3 Å². The molecule has 0 spiro atoms. The third kappa shape index (κ3) is 4.23.